The van der Waals surface area contributed by atoms with Gasteiger partial charge in [0.1, 0.15) is 12.4 Å². The molecular formula is C11H13NO4S. The third-order valence-electron chi connectivity index (χ3n) is 1.97. The predicted molar refractivity (Wildman–Crippen MR) is 68.1 cm³/mol. The van der Waals surface area contributed by atoms with Crippen molar-refractivity contribution in [2.45, 2.75) is 0 Å². The second-order valence-electron chi connectivity index (χ2n) is 3.06. The van der Waals surface area contributed by atoms with E-state index >= 15 is 0 Å². The maximum Gasteiger partial charge on any atom is 0.314 e. The van der Waals surface area contributed by atoms with Gasteiger partial charge in [-0.3, -0.25) is 10.1 Å². The second-order valence-corrected chi connectivity index (χ2v) is 3.42. The van der Waals surface area contributed by atoms with Gasteiger partial charge in [-0.25, -0.2) is 0 Å². The van der Waals surface area contributed by atoms with Crippen molar-refractivity contribution in [3.05, 3.63) is 40.5 Å². The number of hydrogen-bond donors (Lipinski definition) is 1. The number of hydrogen-bond acceptors (Lipinski definition) is 5. The van der Waals surface area contributed by atoms with Gasteiger partial charge in [-0.1, -0.05) is 12.2 Å². The highest BCUT2D eigenvalue weighted by molar-refractivity contribution is 7.80. The fourth-order valence-corrected chi connectivity index (χ4v) is 1.32. The van der Waals surface area contributed by atoms with Crippen LogP contribution in [0.25, 0.3) is 0 Å². The van der Waals surface area contributed by atoms with Crippen molar-refractivity contribution in [1.82, 2.24) is 0 Å². The largest absolute Gasteiger partial charge is 0.496 e. The van der Waals surface area contributed by atoms with E-state index in [0.29, 0.717) is 11.5 Å². The van der Waals surface area contributed by atoms with Crippen LogP contribution in [-0.4, -0.2) is 24.4 Å². The first-order valence-corrected chi connectivity index (χ1v) is 5.53. The molecule has 0 saturated carbocycles. The number of nitrogens with zero attached hydrogens (tertiary/aromatic N) is 1. The summed E-state index contributed by atoms with van der Waals surface area (Å²) >= 11 is 3.99. The van der Waals surface area contributed by atoms with E-state index in [1.54, 1.807) is 18.2 Å². The van der Waals surface area contributed by atoms with Crippen LogP contribution in [0.1, 0.15) is 0 Å². The lowest BCUT2D eigenvalue weighted by Gasteiger charge is -2.05. The van der Waals surface area contributed by atoms with E-state index in [1.165, 1.54) is 19.2 Å². The molecule has 17 heavy (non-hydrogen) atoms. The standard InChI is InChI=1S/C11H13NO4S/c1-15-9-4-5-11(10(8-9)12(13)14)16-6-2-3-7-17/h2-5,8,17H,6-7H2,1H3. The zero-order valence-corrected chi connectivity index (χ0v) is 10.2. The predicted octanol–water partition coefficient (Wildman–Crippen LogP) is 2.47. The van der Waals surface area contributed by atoms with Gasteiger partial charge in [-0.2, -0.15) is 12.6 Å². The molecule has 0 aromatic heterocycles. The molecule has 1 rings (SSSR count). The zero-order chi connectivity index (χ0) is 12.7. The first-order chi connectivity index (χ1) is 8.19. The number of rotatable bonds is 6. The molecule has 0 atom stereocenters. The summed E-state index contributed by atoms with van der Waals surface area (Å²) in [5, 5.41) is 10.8. The average molecular weight is 255 g/mol. The average Bonchev–Trinajstić information content (AvgIpc) is 2.34. The summed E-state index contributed by atoms with van der Waals surface area (Å²) in [7, 11) is 1.45. The smallest absolute Gasteiger partial charge is 0.314 e. The van der Waals surface area contributed by atoms with Gasteiger partial charge in [0.05, 0.1) is 18.1 Å². The lowest BCUT2D eigenvalue weighted by atomic mass is 10.3. The van der Waals surface area contributed by atoms with E-state index < -0.39 is 4.92 Å². The summed E-state index contributed by atoms with van der Waals surface area (Å²) in [4.78, 5) is 10.3. The Morgan fingerprint density at radius 2 is 2.24 bits per heavy atom. The molecule has 1 aromatic carbocycles. The third kappa shape index (κ3) is 3.99. The molecule has 5 nitrogen and oxygen atoms in total. The summed E-state index contributed by atoms with van der Waals surface area (Å²) in [6.45, 7) is 0.272. The number of methoxy groups -OCH3 is 1. The number of ether oxygens (including phenoxy) is 2. The summed E-state index contributed by atoms with van der Waals surface area (Å²) in [5.41, 5.74) is -0.108. The lowest BCUT2D eigenvalue weighted by molar-refractivity contribution is -0.385. The third-order valence-corrected chi connectivity index (χ3v) is 2.18. The molecule has 0 saturated heterocycles. The molecule has 0 spiro atoms. The Bertz CT molecular complexity index is 420. The second kappa shape index (κ2) is 6.80. The Morgan fingerprint density at radius 3 is 2.82 bits per heavy atom. The Kier molecular flexibility index (Phi) is 5.35. The summed E-state index contributed by atoms with van der Waals surface area (Å²) in [6.07, 6.45) is 3.55. The minimum absolute atomic E-state index is 0.108. The highest BCUT2D eigenvalue weighted by atomic mass is 32.1. The fourth-order valence-electron chi connectivity index (χ4n) is 1.17. The van der Waals surface area contributed by atoms with Crippen LogP contribution < -0.4 is 9.47 Å². The SMILES string of the molecule is COc1ccc(OCC=CCS)c([N+](=O)[O-])c1. The number of nitro groups is 1. The topological polar surface area (TPSA) is 61.6 Å². The normalized spacial score (nSPS) is 10.5. The van der Waals surface area contributed by atoms with Crippen molar-refractivity contribution in [3.8, 4) is 11.5 Å². The number of nitro benzene ring substituents is 1. The van der Waals surface area contributed by atoms with Crippen molar-refractivity contribution in [1.29, 1.82) is 0 Å². The molecular weight excluding hydrogens is 242 g/mol. The molecule has 6 heteroatoms. The molecule has 0 unspecified atom stereocenters. The Labute approximate surface area is 105 Å². The van der Waals surface area contributed by atoms with Gasteiger partial charge in [0.25, 0.3) is 0 Å². The lowest BCUT2D eigenvalue weighted by Crippen LogP contribution is -1.99. The van der Waals surface area contributed by atoms with Gasteiger partial charge < -0.3 is 9.47 Å². The summed E-state index contributed by atoms with van der Waals surface area (Å²) in [6, 6.07) is 4.47. The summed E-state index contributed by atoms with van der Waals surface area (Å²) in [5.74, 6) is 1.25. The monoisotopic (exact) mass is 255 g/mol. The molecule has 92 valence electrons. The maximum atomic E-state index is 10.8. The minimum atomic E-state index is -0.500. The van der Waals surface area contributed by atoms with Gasteiger partial charge in [0, 0.05) is 5.75 Å². The summed E-state index contributed by atoms with van der Waals surface area (Å²) < 4.78 is 10.2. The Hall–Kier alpha value is -1.69. The van der Waals surface area contributed by atoms with Crippen molar-refractivity contribution >= 4 is 18.3 Å². The van der Waals surface area contributed by atoms with E-state index in [0.717, 1.165) is 0 Å². The highest BCUT2D eigenvalue weighted by Gasteiger charge is 2.15. The van der Waals surface area contributed by atoms with Crippen molar-refractivity contribution < 1.29 is 14.4 Å². The molecule has 0 aliphatic carbocycles. The van der Waals surface area contributed by atoms with Crippen LogP contribution in [-0.2, 0) is 0 Å². The molecule has 0 aliphatic rings. The van der Waals surface area contributed by atoms with Gasteiger partial charge in [-0.15, -0.1) is 0 Å². The van der Waals surface area contributed by atoms with E-state index in [-0.39, 0.29) is 18.0 Å². The van der Waals surface area contributed by atoms with Crippen LogP contribution >= 0.6 is 12.6 Å². The highest BCUT2D eigenvalue weighted by Crippen LogP contribution is 2.30. The van der Waals surface area contributed by atoms with Gasteiger partial charge in [0.15, 0.2) is 5.75 Å². The Balaban J connectivity index is 2.83. The molecule has 0 N–H and O–H groups in total. The van der Waals surface area contributed by atoms with Crippen LogP contribution in [0.5, 0.6) is 11.5 Å². The van der Waals surface area contributed by atoms with Crippen molar-refractivity contribution in [3.63, 3.8) is 0 Å². The van der Waals surface area contributed by atoms with Gasteiger partial charge in [0.2, 0.25) is 0 Å². The molecule has 1 aromatic rings. The van der Waals surface area contributed by atoms with Crippen LogP contribution in [0.4, 0.5) is 5.69 Å². The van der Waals surface area contributed by atoms with Crippen molar-refractivity contribution in [2.24, 2.45) is 0 Å². The van der Waals surface area contributed by atoms with Crippen LogP contribution in [0.2, 0.25) is 0 Å². The minimum Gasteiger partial charge on any atom is -0.496 e. The number of thiol groups is 1. The van der Waals surface area contributed by atoms with Crippen LogP contribution in [0.15, 0.2) is 30.4 Å². The number of benzene rings is 1. The first-order valence-electron chi connectivity index (χ1n) is 4.90. The molecule has 0 amide bonds. The molecule has 0 aliphatic heterocycles. The maximum absolute atomic E-state index is 10.8. The van der Waals surface area contributed by atoms with Crippen LogP contribution in [0, 0.1) is 10.1 Å². The molecule has 0 heterocycles. The Morgan fingerprint density at radius 1 is 1.47 bits per heavy atom. The van der Waals surface area contributed by atoms with E-state index in [2.05, 4.69) is 12.6 Å². The molecule has 0 bridgehead atoms. The quantitative estimate of drug-likeness (QED) is 0.367. The van der Waals surface area contributed by atoms with Crippen molar-refractivity contribution in [2.75, 3.05) is 19.5 Å². The van der Waals surface area contributed by atoms with E-state index in [9.17, 15) is 10.1 Å². The molecule has 0 radical (unpaired) electrons. The van der Waals surface area contributed by atoms with E-state index in [1.807, 2.05) is 0 Å². The fraction of sp³-hybridized carbons (Fsp3) is 0.273. The van der Waals surface area contributed by atoms with Gasteiger partial charge >= 0.3 is 5.69 Å². The van der Waals surface area contributed by atoms with E-state index in [4.69, 9.17) is 9.47 Å². The van der Waals surface area contributed by atoms with Crippen LogP contribution in [0.3, 0.4) is 0 Å². The molecule has 0 fully saturated rings. The zero-order valence-electron chi connectivity index (χ0n) is 9.33. The first kappa shape index (κ1) is 13.4. The van der Waals surface area contributed by atoms with Gasteiger partial charge in [-0.05, 0) is 12.1 Å².